The molecule has 166 valence electrons. The van der Waals surface area contributed by atoms with Crippen LogP contribution in [0, 0.1) is 0 Å². The molecule has 0 bridgehead atoms. The highest BCUT2D eigenvalue weighted by Crippen LogP contribution is 2.46. The van der Waals surface area contributed by atoms with Crippen LogP contribution >= 0.6 is 0 Å². The number of benzene rings is 1. The number of carbonyl (C=O) groups is 1. The topological polar surface area (TPSA) is 134 Å². The van der Waals surface area contributed by atoms with Gasteiger partial charge in [-0.25, -0.2) is 9.78 Å². The number of rotatable bonds is 4. The van der Waals surface area contributed by atoms with Crippen molar-refractivity contribution in [2.24, 2.45) is 0 Å². The monoisotopic (exact) mass is 437 g/mol. The number of esters is 1. The molecular formula is C23H23N3O6. The lowest BCUT2D eigenvalue weighted by Crippen LogP contribution is -2.47. The fourth-order valence-electron chi connectivity index (χ4n) is 4.51. The first kappa shape index (κ1) is 20.6. The quantitative estimate of drug-likeness (QED) is 0.279. The Balaban J connectivity index is 1.90. The maximum atomic E-state index is 13.4. The third kappa shape index (κ3) is 2.78. The minimum Gasteiger partial charge on any atom is -0.458 e. The SMILES string of the molecule is CCC(O)(O)Nc1c2c(c(=O)n3c1-c1nc4ccccc4cc1C3)COC(=O)[C@]2(O)CC. The fourth-order valence-corrected chi connectivity index (χ4v) is 4.51. The number of aliphatic hydroxyl groups is 3. The van der Waals surface area contributed by atoms with E-state index in [1.807, 2.05) is 30.3 Å². The lowest BCUT2D eigenvalue weighted by molar-refractivity contribution is -0.172. The number of para-hydroxylation sites is 1. The van der Waals surface area contributed by atoms with E-state index in [1.54, 1.807) is 13.8 Å². The molecule has 32 heavy (non-hydrogen) atoms. The number of hydrogen-bond acceptors (Lipinski definition) is 8. The zero-order valence-electron chi connectivity index (χ0n) is 17.7. The summed E-state index contributed by atoms with van der Waals surface area (Å²) in [4.78, 5) is 30.8. The third-order valence-electron chi connectivity index (χ3n) is 6.35. The summed E-state index contributed by atoms with van der Waals surface area (Å²) in [5, 5.41) is 35.7. The van der Waals surface area contributed by atoms with E-state index in [0.29, 0.717) is 16.9 Å². The van der Waals surface area contributed by atoms with Crippen LogP contribution in [0.5, 0.6) is 0 Å². The van der Waals surface area contributed by atoms with Gasteiger partial charge in [0.2, 0.25) is 5.91 Å². The summed E-state index contributed by atoms with van der Waals surface area (Å²) in [5.41, 5.74) is -0.0668. The molecule has 0 radical (unpaired) electrons. The fraction of sp³-hybridized carbons (Fsp3) is 0.348. The van der Waals surface area contributed by atoms with Crippen molar-refractivity contribution < 1.29 is 24.9 Å². The summed E-state index contributed by atoms with van der Waals surface area (Å²) in [7, 11) is 0. The van der Waals surface area contributed by atoms with Gasteiger partial charge in [0.05, 0.1) is 34.7 Å². The molecule has 2 aromatic heterocycles. The summed E-state index contributed by atoms with van der Waals surface area (Å²) >= 11 is 0. The Morgan fingerprint density at radius 1 is 1.25 bits per heavy atom. The van der Waals surface area contributed by atoms with E-state index in [2.05, 4.69) is 5.32 Å². The van der Waals surface area contributed by atoms with Crippen LogP contribution in [0.15, 0.2) is 35.1 Å². The Labute approximate surface area is 182 Å². The molecule has 9 heteroatoms. The molecule has 0 unspecified atom stereocenters. The number of cyclic esters (lactones) is 1. The molecule has 4 N–H and O–H groups in total. The maximum Gasteiger partial charge on any atom is 0.343 e. The number of ether oxygens (including phenoxy) is 1. The number of pyridine rings is 2. The standard InChI is InChI=1S/C23H23N3O6/c1-3-22(29)16-14(11-32-21(22)28)20(27)26-10-13-9-12-7-5-6-8-15(12)24-17(13)19(26)18(16)25-23(30,31)4-2/h5-9,25,29-31H,3-4,10-11H2,1-2H3/t22-/m0/s1. The molecular weight excluding hydrogens is 414 g/mol. The van der Waals surface area contributed by atoms with E-state index < -0.39 is 23.0 Å². The van der Waals surface area contributed by atoms with E-state index in [9.17, 15) is 24.9 Å². The van der Waals surface area contributed by atoms with Gasteiger partial charge in [0.1, 0.15) is 6.61 Å². The number of carbonyl (C=O) groups excluding carboxylic acids is 1. The van der Waals surface area contributed by atoms with Gasteiger partial charge in [-0.15, -0.1) is 0 Å². The summed E-state index contributed by atoms with van der Waals surface area (Å²) in [5.74, 6) is -3.23. The molecule has 0 fully saturated rings. The number of fused-ring (bicyclic) bond motifs is 5. The lowest BCUT2D eigenvalue weighted by Gasteiger charge is -2.36. The van der Waals surface area contributed by atoms with Crippen molar-refractivity contribution in [2.45, 2.75) is 51.4 Å². The van der Waals surface area contributed by atoms with Gasteiger partial charge in [-0.2, -0.15) is 0 Å². The first-order valence-corrected chi connectivity index (χ1v) is 10.5. The van der Waals surface area contributed by atoms with Crippen LogP contribution in [0.25, 0.3) is 22.3 Å². The summed E-state index contributed by atoms with van der Waals surface area (Å²) in [6, 6.07) is 9.45. The Hall–Kier alpha value is -3.27. The van der Waals surface area contributed by atoms with Crippen LogP contribution in [0.3, 0.4) is 0 Å². The second kappa shape index (κ2) is 6.86. The van der Waals surface area contributed by atoms with Gasteiger partial charge in [0.15, 0.2) is 5.60 Å². The van der Waals surface area contributed by atoms with Crippen molar-refractivity contribution in [1.29, 1.82) is 0 Å². The highest BCUT2D eigenvalue weighted by Gasteiger charge is 2.49. The molecule has 0 spiro atoms. The van der Waals surface area contributed by atoms with Crippen molar-refractivity contribution in [3.8, 4) is 11.4 Å². The molecule has 1 aromatic carbocycles. The first-order valence-electron chi connectivity index (χ1n) is 10.5. The Morgan fingerprint density at radius 3 is 2.72 bits per heavy atom. The Bertz CT molecular complexity index is 1350. The molecule has 0 saturated heterocycles. The smallest absolute Gasteiger partial charge is 0.343 e. The zero-order valence-corrected chi connectivity index (χ0v) is 17.7. The van der Waals surface area contributed by atoms with Gasteiger partial charge in [0, 0.05) is 22.9 Å². The molecule has 5 rings (SSSR count). The van der Waals surface area contributed by atoms with Crippen molar-refractivity contribution in [2.75, 3.05) is 5.32 Å². The van der Waals surface area contributed by atoms with Crippen molar-refractivity contribution >= 4 is 22.6 Å². The van der Waals surface area contributed by atoms with Crippen molar-refractivity contribution in [1.82, 2.24) is 9.55 Å². The molecule has 1 atom stereocenters. The average molecular weight is 437 g/mol. The Morgan fingerprint density at radius 2 is 2.00 bits per heavy atom. The van der Waals surface area contributed by atoms with Gasteiger partial charge < -0.3 is 29.9 Å². The van der Waals surface area contributed by atoms with Crippen LogP contribution in [0.2, 0.25) is 0 Å². The summed E-state index contributed by atoms with van der Waals surface area (Å²) in [6.07, 6.45) is -0.155. The number of nitrogens with one attached hydrogen (secondary N) is 1. The minimum atomic E-state index is -2.35. The van der Waals surface area contributed by atoms with Gasteiger partial charge in [-0.3, -0.25) is 4.79 Å². The number of aromatic nitrogens is 2. The largest absolute Gasteiger partial charge is 0.458 e. The van der Waals surface area contributed by atoms with Crippen molar-refractivity contribution in [3.05, 3.63) is 57.4 Å². The number of hydrogen-bond donors (Lipinski definition) is 4. The maximum absolute atomic E-state index is 13.4. The second-order valence-corrected chi connectivity index (χ2v) is 8.24. The highest BCUT2D eigenvalue weighted by molar-refractivity contribution is 5.92. The van der Waals surface area contributed by atoms with Crippen LogP contribution in [-0.4, -0.2) is 36.8 Å². The molecule has 2 aliphatic rings. The predicted octanol–water partition coefficient (Wildman–Crippen LogP) is 1.54. The van der Waals surface area contributed by atoms with Gasteiger partial charge in [-0.1, -0.05) is 32.0 Å². The van der Waals surface area contributed by atoms with Crippen LogP contribution in [0.1, 0.15) is 43.4 Å². The Kier molecular flexibility index (Phi) is 4.42. The predicted molar refractivity (Wildman–Crippen MR) is 116 cm³/mol. The molecule has 9 nitrogen and oxygen atoms in total. The van der Waals surface area contributed by atoms with Crippen LogP contribution in [0.4, 0.5) is 5.69 Å². The van der Waals surface area contributed by atoms with Crippen molar-refractivity contribution in [3.63, 3.8) is 0 Å². The number of nitrogens with zero attached hydrogens (tertiary/aromatic N) is 2. The summed E-state index contributed by atoms with van der Waals surface area (Å²) < 4.78 is 6.60. The van der Waals surface area contributed by atoms with Gasteiger partial charge in [-0.05, 0) is 18.6 Å². The van der Waals surface area contributed by atoms with Gasteiger partial charge in [0.25, 0.3) is 5.56 Å². The molecule has 4 heterocycles. The highest BCUT2D eigenvalue weighted by atomic mass is 16.6. The molecule has 0 amide bonds. The first-order chi connectivity index (χ1) is 15.2. The molecule has 0 saturated carbocycles. The third-order valence-corrected chi connectivity index (χ3v) is 6.35. The lowest BCUT2D eigenvalue weighted by atomic mass is 9.84. The molecule has 0 aliphatic carbocycles. The molecule has 3 aromatic rings. The second-order valence-electron chi connectivity index (χ2n) is 8.24. The van der Waals surface area contributed by atoms with E-state index >= 15 is 0 Å². The van der Waals surface area contributed by atoms with E-state index in [0.717, 1.165) is 10.9 Å². The van der Waals surface area contributed by atoms with Crippen LogP contribution < -0.4 is 10.9 Å². The minimum absolute atomic E-state index is 0.0104. The molecule has 2 aliphatic heterocycles. The average Bonchev–Trinajstić information content (AvgIpc) is 3.15. The van der Waals surface area contributed by atoms with E-state index in [1.165, 1.54) is 4.57 Å². The van der Waals surface area contributed by atoms with Gasteiger partial charge >= 0.3 is 5.97 Å². The zero-order chi connectivity index (χ0) is 22.8. The number of anilines is 1. The van der Waals surface area contributed by atoms with E-state index in [4.69, 9.17) is 9.72 Å². The van der Waals surface area contributed by atoms with Crippen LogP contribution in [-0.2, 0) is 28.3 Å². The summed E-state index contributed by atoms with van der Waals surface area (Å²) in [6.45, 7) is 3.06. The normalized spacial score (nSPS) is 19.3. The van der Waals surface area contributed by atoms with E-state index in [-0.39, 0.29) is 42.8 Å².